The summed E-state index contributed by atoms with van der Waals surface area (Å²) in [6, 6.07) is 1.85. The quantitative estimate of drug-likeness (QED) is 0.753. The first kappa shape index (κ1) is 10.1. The zero-order valence-electron chi connectivity index (χ0n) is 8.77. The molecular formula is C11H12ClN3O. The van der Waals surface area contributed by atoms with E-state index in [4.69, 9.17) is 16.3 Å². The van der Waals surface area contributed by atoms with E-state index in [2.05, 4.69) is 14.5 Å². The van der Waals surface area contributed by atoms with Crippen molar-refractivity contribution >= 4 is 22.6 Å². The minimum absolute atomic E-state index is 0.310. The van der Waals surface area contributed by atoms with Crippen molar-refractivity contribution in [3.63, 3.8) is 0 Å². The molecule has 2 aromatic rings. The molecule has 2 aromatic heterocycles. The van der Waals surface area contributed by atoms with Crippen LogP contribution in [0.1, 0.15) is 12.8 Å². The third kappa shape index (κ3) is 1.79. The van der Waals surface area contributed by atoms with Gasteiger partial charge in [0, 0.05) is 12.7 Å². The van der Waals surface area contributed by atoms with Crippen LogP contribution in [-0.2, 0) is 11.3 Å². The zero-order chi connectivity index (χ0) is 11.0. The lowest BCUT2D eigenvalue weighted by atomic mass is 10.2. The number of pyridine rings is 1. The Hall–Kier alpha value is -1.13. The smallest absolute Gasteiger partial charge is 0.131 e. The van der Waals surface area contributed by atoms with Gasteiger partial charge < -0.3 is 9.30 Å². The van der Waals surface area contributed by atoms with Crippen molar-refractivity contribution in [3.8, 4) is 0 Å². The molecule has 3 rings (SSSR count). The maximum Gasteiger partial charge on any atom is 0.131 e. The van der Waals surface area contributed by atoms with Gasteiger partial charge in [-0.15, -0.1) is 0 Å². The number of fused-ring (bicyclic) bond motifs is 1. The fraction of sp³-hybridized carbons (Fsp3) is 0.455. The predicted octanol–water partition coefficient (Wildman–Crippen LogP) is 2.26. The maximum absolute atomic E-state index is 5.88. The first-order chi connectivity index (χ1) is 7.83. The highest BCUT2D eigenvalue weighted by Crippen LogP contribution is 2.19. The Labute approximate surface area is 98.2 Å². The van der Waals surface area contributed by atoms with Crippen molar-refractivity contribution in [2.45, 2.75) is 25.5 Å². The van der Waals surface area contributed by atoms with Crippen molar-refractivity contribution in [3.05, 3.63) is 23.7 Å². The normalized spacial score (nSPS) is 20.7. The van der Waals surface area contributed by atoms with Crippen molar-refractivity contribution < 1.29 is 4.74 Å². The molecule has 1 unspecified atom stereocenters. The molecule has 0 spiro atoms. The third-order valence-corrected chi connectivity index (χ3v) is 3.11. The van der Waals surface area contributed by atoms with Crippen LogP contribution in [0.25, 0.3) is 11.0 Å². The molecule has 0 saturated carbocycles. The molecule has 1 aliphatic heterocycles. The number of ether oxygens (including phenoxy) is 1. The highest BCUT2D eigenvalue weighted by Gasteiger charge is 2.17. The minimum atomic E-state index is 0.310. The van der Waals surface area contributed by atoms with Crippen molar-refractivity contribution in [2.24, 2.45) is 0 Å². The van der Waals surface area contributed by atoms with Crippen molar-refractivity contribution in [1.82, 2.24) is 14.5 Å². The molecule has 16 heavy (non-hydrogen) atoms. The van der Waals surface area contributed by atoms with Crippen LogP contribution in [0.2, 0.25) is 5.15 Å². The first-order valence-electron chi connectivity index (χ1n) is 5.41. The molecule has 0 N–H and O–H groups in total. The maximum atomic E-state index is 5.88. The number of hydrogen-bond acceptors (Lipinski definition) is 3. The highest BCUT2D eigenvalue weighted by atomic mass is 35.5. The fourth-order valence-electron chi connectivity index (χ4n) is 2.09. The molecule has 1 aliphatic rings. The molecule has 4 nitrogen and oxygen atoms in total. The van der Waals surface area contributed by atoms with Crippen LogP contribution in [-0.4, -0.2) is 27.2 Å². The van der Waals surface area contributed by atoms with Crippen LogP contribution in [0.5, 0.6) is 0 Å². The SMILES string of the molecule is Clc1cc2c(cn1)ncn2CC1CCCO1. The van der Waals surface area contributed by atoms with Gasteiger partial charge in [-0.2, -0.15) is 0 Å². The van der Waals surface area contributed by atoms with Gasteiger partial charge in [0.1, 0.15) is 10.7 Å². The molecule has 1 fully saturated rings. The van der Waals surface area contributed by atoms with Crippen LogP contribution in [0.3, 0.4) is 0 Å². The second-order valence-corrected chi connectivity index (χ2v) is 4.41. The van der Waals surface area contributed by atoms with E-state index in [1.54, 1.807) is 6.20 Å². The van der Waals surface area contributed by atoms with Crippen molar-refractivity contribution in [1.29, 1.82) is 0 Å². The average molecular weight is 238 g/mol. The van der Waals surface area contributed by atoms with Crippen LogP contribution < -0.4 is 0 Å². The Kier molecular flexibility index (Phi) is 2.53. The summed E-state index contributed by atoms with van der Waals surface area (Å²) in [7, 11) is 0. The molecule has 84 valence electrons. The molecule has 0 radical (unpaired) electrons. The Morgan fingerprint density at radius 3 is 3.25 bits per heavy atom. The molecule has 0 bridgehead atoms. The summed E-state index contributed by atoms with van der Waals surface area (Å²) in [5.74, 6) is 0. The molecule has 1 saturated heterocycles. The van der Waals surface area contributed by atoms with E-state index in [1.165, 1.54) is 0 Å². The molecular weight excluding hydrogens is 226 g/mol. The lowest BCUT2D eigenvalue weighted by Gasteiger charge is -2.10. The van der Waals surface area contributed by atoms with Crippen LogP contribution in [0.15, 0.2) is 18.6 Å². The Balaban J connectivity index is 1.93. The predicted molar refractivity (Wildman–Crippen MR) is 61.5 cm³/mol. The summed E-state index contributed by atoms with van der Waals surface area (Å²) in [5.41, 5.74) is 1.90. The summed E-state index contributed by atoms with van der Waals surface area (Å²) in [6.45, 7) is 1.72. The molecule has 3 heterocycles. The fourth-order valence-corrected chi connectivity index (χ4v) is 2.24. The van der Waals surface area contributed by atoms with Gasteiger partial charge in [0.2, 0.25) is 0 Å². The monoisotopic (exact) mass is 237 g/mol. The largest absolute Gasteiger partial charge is 0.376 e. The molecule has 5 heteroatoms. The van der Waals surface area contributed by atoms with Gasteiger partial charge in [0.15, 0.2) is 0 Å². The highest BCUT2D eigenvalue weighted by molar-refractivity contribution is 6.29. The van der Waals surface area contributed by atoms with E-state index < -0.39 is 0 Å². The second-order valence-electron chi connectivity index (χ2n) is 4.03. The van der Waals surface area contributed by atoms with E-state index in [9.17, 15) is 0 Å². The number of hydrogen-bond donors (Lipinski definition) is 0. The number of imidazole rings is 1. The van der Waals surface area contributed by atoms with E-state index >= 15 is 0 Å². The van der Waals surface area contributed by atoms with Gasteiger partial charge in [-0.3, -0.25) is 0 Å². The lowest BCUT2D eigenvalue weighted by Crippen LogP contribution is -2.14. The molecule has 0 amide bonds. The summed E-state index contributed by atoms with van der Waals surface area (Å²) in [6.07, 6.45) is 6.11. The van der Waals surface area contributed by atoms with Gasteiger partial charge in [0.05, 0.1) is 30.7 Å². The van der Waals surface area contributed by atoms with Crippen LogP contribution in [0, 0.1) is 0 Å². The standard InChI is InChI=1S/C11H12ClN3O/c12-11-4-10-9(5-13-11)14-7-15(10)6-8-2-1-3-16-8/h4-5,7-8H,1-3,6H2. The van der Waals surface area contributed by atoms with E-state index in [0.717, 1.165) is 37.0 Å². The number of rotatable bonds is 2. The van der Waals surface area contributed by atoms with E-state index in [-0.39, 0.29) is 0 Å². The molecule has 0 aromatic carbocycles. The van der Waals surface area contributed by atoms with Crippen molar-refractivity contribution in [2.75, 3.05) is 6.61 Å². The van der Waals surface area contributed by atoms with Crippen LogP contribution in [0.4, 0.5) is 0 Å². The van der Waals surface area contributed by atoms with Crippen LogP contribution >= 0.6 is 11.6 Å². The van der Waals surface area contributed by atoms with Gasteiger partial charge in [-0.25, -0.2) is 9.97 Å². The Bertz CT molecular complexity index is 505. The molecule has 1 atom stereocenters. The number of halogens is 1. The summed E-state index contributed by atoms with van der Waals surface area (Å²) >= 11 is 5.88. The summed E-state index contributed by atoms with van der Waals surface area (Å²) in [4.78, 5) is 8.30. The van der Waals surface area contributed by atoms with Gasteiger partial charge >= 0.3 is 0 Å². The molecule has 0 aliphatic carbocycles. The Morgan fingerprint density at radius 1 is 1.50 bits per heavy atom. The number of aromatic nitrogens is 3. The van der Waals surface area contributed by atoms with E-state index in [1.807, 2.05) is 12.4 Å². The lowest BCUT2D eigenvalue weighted by molar-refractivity contribution is 0.0979. The Morgan fingerprint density at radius 2 is 2.44 bits per heavy atom. The zero-order valence-corrected chi connectivity index (χ0v) is 9.52. The van der Waals surface area contributed by atoms with Gasteiger partial charge in [-0.1, -0.05) is 11.6 Å². The summed E-state index contributed by atoms with van der Waals surface area (Å²) < 4.78 is 7.69. The summed E-state index contributed by atoms with van der Waals surface area (Å²) in [5, 5.41) is 0.501. The van der Waals surface area contributed by atoms with Gasteiger partial charge in [0.25, 0.3) is 0 Å². The van der Waals surface area contributed by atoms with Gasteiger partial charge in [-0.05, 0) is 12.8 Å². The topological polar surface area (TPSA) is 39.9 Å². The average Bonchev–Trinajstić information content (AvgIpc) is 2.90. The minimum Gasteiger partial charge on any atom is -0.376 e. The second kappa shape index (κ2) is 4.03. The first-order valence-corrected chi connectivity index (χ1v) is 5.79. The third-order valence-electron chi connectivity index (χ3n) is 2.90. The number of nitrogens with zero attached hydrogens (tertiary/aromatic N) is 3. The van der Waals surface area contributed by atoms with E-state index in [0.29, 0.717) is 11.3 Å².